The monoisotopic (exact) mass is 236 g/mol. The number of esters is 1. The zero-order chi connectivity index (χ0) is 13.0. The number of fused-ring (bicyclic) bond motifs is 2. The zero-order valence-corrected chi connectivity index (χ0v) is 11.0. The van der Waals surface area contributed by atoms with Crippen LogP contribution in [0, 0.1) is 16.7 Å². The molecule has 0 unspecified atom stereocenters. The Morgan fingerprint density at radius 3 is 2.41 bits per heavy atom. The standard InChI is InChI=1S/C14H20O3/c1-8(2)12(16)17-11-10(15)9-6-7-14(11,5)13(9,3)4/h9,11H,1,6-7H2,2-5H3/t9-,11-,14+/m1/s1. The van der Waals surface area contributed by atoms with Gasteiger partial charge in [0.1, 0.15) is 0 Å². The van der Waals surface area contributed by atoms with Crippen molar-refractivity contribution in [2.75, 3.05) is 0 Å². The third kappa shape index (κ3) is 1.41. The summed E-state index contributed by atoms with van der Waals surface area (Å²) in [4.78, 5) is 23.8. The largest absolute Gasteiger partial charge is 0.450 e. The molecule has 0 aromatic rings. The maximum absolute atomic E-state index is 12.2. The Bertz CT molecular complexity index is 408. The van der Waals surface area contributed by atoms with E-state index < -0.39 is 12.1 Å². The molecule has 2 bridgehead atoms. The second-order valence-corrected chi connectivity index (χ2v) is 6.20. The lowest BCUT2D eigenvalue weighted by Crippen LogP contribution is -2.41. The van der Waals surface area contributed by atoms with Crippen LogP contribution in [-0.4, -0.2) is 17.9 Å². The number of carbonyl (C=O) groups excluding carboxylic acids is 2. The first-order valence-electron chi connectivity index (χ1n) is 6.12. The maximum Gasteiger partial charge on any atom is 0.333 e. The van der Waals surface area contributed by atoms with E-state index in [1.54, 1.807) is 6.92 Å². The smallest absolute Gasteiger partial charge is 0.333 e. The fraction of sp³-hybridized carbons (Fsp3) is 0.714. The first-order chi connectivity index (χ1) is 7.72. The highest BCUT2D eigenvalue weighted by Crippen LogP contribution is 2.64. The van der Waals surface area contributed by atoms with E-state index in [-0.39, 0.29) is 22.5 Å². The summed E-state index contributed by atoms with van der Waals surface area (Å²) in [5.74, 6) is -0.318. The van der Waals surface area contributed by atoms with Gasteiger partial charge in [0.15, 0.2) is 11.9 Å². The summed E-state index contributed by atoms with van der Waals surface area (Å²) in [5.41, 5.74) is 0.0474. The molecule has 2 saturated carbocycles. The highest BCUT2D eigenvalue weighted by Gasteiger charge is 2.67. The van der Waals surface area contributed by atoms with Crippen molar-refractivity contribution in [1.82, 2.24) is 0 Å². The number of ether oxygens (including phenoxy) is 1. The number of carbonyl (C=O) groups is 2. The molecule has 0 heterocycles. The second kappa shape index (κ2) is 3.44. The van der Waals surface area contributed by atoms with Crippen LogP contribution in [0.1, 0.15) is 40.5 Å². The van der Waals surface area contributed by atoms with Crippen molar-refractivity contribution in [2.45, 2.75) is 46.6 Å². The Hall–Kier alpha value is -1.12. The number of rotatable bonds is 2. The van der Waals surface area contributed by atoms with Crippen molar-refractivity contribution in [1.29, 1.82) is 0 Å². The second-order valence-electron chi connectivity index (χ2n) is 6.20. The van der Waals surface area contributed by atoms with Crippen molar-refractivity contribution in [2.24, 2.45) is 16.7 Å². The lowest BCUT2D eigenvalue weighted by molar-refractivity contribution is -0.158. The average molecular weight is 236 g/mol. The lowest BCUT2D eigenvalue weighted by atomic mass is 9.70. The molecule has 0 aromatic heterocycles. The van der Waals surface area contributed by atoms with E-state index in [1.807, 2.05) is 0 Å². The molecule has 0 spiro atoms. The molecule has 3 nitrogen and oxygen atoms in total. The Morgan fingerprint density at radius 1 is 1.41 bits per heavy atom. The normalized spacial score (nSPS) is 38.2. The van der Waals surface area contributed by atoms with Crippen molar-refractivity contribution in [3.8, 4) is 0 Å². The SMILES string of the molecule is C=C(C)C(=O)O[C@@H]1C(=O)[C@H]2CC[C@]1(C)C2(C)C. The predicted octanol–water partition coefficient (Wildman–Crippen LogP) is 2.50. The van der Waals surface area contributed by atoms with Crippen LogP contribution >= 0.6 is 0 Å². The highest BCUT2D eigenvalue weighted by molar-refractivity contribution is 5.95. The van der Waals surface area contributed by atoms with Crippen LogP contribution in [0.25, 0.3) is 0 Å². The Balaban J connectivity index is 2.29. The molecule has 0 amide bonds. The van der Waals surface area contributed by atoms with Crippen LogP contribution in [0.5, 0.6) is 0 Å². The summed E-state index contributed by atoms with van der Waals surface area (Å²) < 4.78 is 5.37. The first-order valence-corrected chi connectivity index (χ1v) is 6.12. The van der Waals surface area contributed by atoms with E-state index in [2.05, 4.69) is 27.4 Å². The van der Waals surface area contributed by atoms with Gasteiger partial charge in [0.25, 0.3) is 0 Å². The average Bonchev–Trinajstić information content (AvgIpc) is 2.51. The number of hydrogen-bond acceptors (Lipinski definition) is 3. The molecule has 2 fully saturated rings. The van der Waals surface area contributed by atoms with Crippen molar-refractivity contribution in [3.05, 3.63) is 12.2 Å². The molecule has 0 aliphatic heterocycles. The molecule has 2 aliphatic rings. The van der Waals surface area contributed by atoms with Gasteiger partial charge in [0.2, 0.25) is 0 Å². The van der Waals surface area contributed by atoms with Crippen LogP contribution < -0.4 is 0 Å². The molecule has 3 heteroatoms. The highest BCUT2D eigenvalue weighted by atomic mass is 16.5. The van der Waals surface area contributed by atoms with Gasteiger partial charge in [0.05, 0.1) is 0 Å². The van der Waals surface area contributed by atoms with Gasteiger partial charge < -0.3 is 4.74 Å². The summed E-state index contributed by atoms with van der Waals surface area (Å²) in [6.07, 6.45) is 1.29. The van der Waals surface area contributed by atoms with E-state index in [4.69, 9.17) is 4.74 Å². The summed E-state index contributed by atoms with van der Waals surface area (Å²) in [6, 6.07) is 0. The zero-order valence-electron chi connectivity index (χ0n) is 11.0. The van der Waals surface area contributed by atoms with E-state index in [0.717, 1.165) is 12.8 Å². The van der Waals surface area contributed by atoms with Crippen molar-refractivity contribution in [3.63, 3.8) is 0 Å². The van der Waals surface area contributed by atoms with Crippen LogP contribution in [0.3, 0.4) is 0 Å². The van der Waals surface area contributed by atoms with Gasteiger partial charge in [-0.15, -0.1) is 0 Å². The first kappa shape index (κ1) is 12.3. The van der Waals surface area contributed by atoms with Crippen LogP contribution in [0.2, 0.25) is 0 Å². The summed E-state index contributed by atoms with van der Waals surface area (Å²) in [7, 11) is 0. The van der Waals surface area contributed by atoms with Crippen LogP contribution in [0.15, 0.2) is 12.2 Å². The third-order valence-electron chi connectivity index (χ3n) is 5.05. The van der Waals surface area contributed by atoms with E-state index in [0.29, 0.717) is 5.57 Å². The molecule has 2 aliphatic carbocycles. The minimum absolute atomic E-state index is 0.0374. The Kier molecular flexibility index (Phi) is 2.49. The van der Waals surface area contributed by atoms with Crippen LogP contribution in [-0.2, 0) is 14.3 Å². The predicted molar refractivity (Wildman–Crippen MR) is 64.3 cm³/mol. The molecule has 94 valence electrons. The van der Waals surface area contributed by atoms with Crippen molar-refractivity contribution < 1.29 is 14.3 Å². The van der Waals surface area contributed by atoms with Gasteiger partial charge in [-0.25, -0.2) is 4.79 Å². The summed E-state index contributed by atoms with van der Waals surface area (Å²) >= 11 is 0. The Morgan fingerprint density at radius 2 is 2.00 bits per heavy atom. The molecule has 3 atom stereocenters. The summed E-state index contributed by atoms with van der Waals surface area (Å²) in [5, 5.41) is 0. The van der Waals surface area contributed by atoms with Gasteiger partial charge in [-0.1, -0.05) is 27.4 Å². The molecule has 0 aromatic carbocycles. The van der Waals surface area contributed by atoms with E-state index in [9.17, 15) is 9.59 Å². The molecule has 17 heavy (non-hydrogen) atoms. The fourth-order valence-electron chi connectivity index (χ4n) is 3.38. The lowest BCUT2D eigenvalue weighted by Gasteiger charge is -2.37. The van der Waals surface area contributed by atoms with Crippen LogP contribution in [0.4, 0.5) is 0 Å². The number of Topliss-reactive ketones (excluding diaryl/α,β-unsaturated/α-hetero) is 1. The number of hydrogen-bond donors (Lipinski definition) is 0. The maximum atomic E-state index is 12.2. The van der Waals surface area contributed by atoms with Gasteiger partial charge in [-0.05, 0) is 25.2 Å². The Labute approximate surface area is 102 Å². The number of ketones is 1. The van der Waals surface area contributed by atoms with Crippen molar-refractivity contribution >= 4 is 11.8 Å². The van der Waals surface area contributed by atoms with E-state index >= 15 is 0 Å². The molecule has 0 radical (unpaired) electrons. The van der Waals surface area contributed by atoms with Gasteiger partial charge >= 0.3 is 5.97 Å². The molecule has 2 rings (SSSR count). The molecule has 0 N–H and O–H groups in total. The fourth-order valence-corrected chi connectivity index (χ4v) is 3.38. The topological polar surface area (TPSA) is 43.4 Å². The minimum Gasteiger partial charge on any atom is -0.450 e. The van der Waals surface area contributed by atoms with E-state index in [1.165, 1.54) is 0 Å². The minimum atomic E-state index is -0.583. The molecular formula is C14H20O3. The molecular weight excluding hydrogens is 216 g/mol. The quantitative estimate of drug-likeness (QED) is 0.546. The summed E-state index contributed by atoms with van der Waals surface area (Å²) in [6.45, 7) is 11.4. The van der Waals surface area contributed by atoms with Gasteiger partial charge in [-0.2, -0.15) is 0 Å². The molecule has 0 saturated heterocycles. The van der Waals surface area contributed by atoms with Gasteiger partial charge in [-0.3, -0.25) is 4.79 Å². The van der Waals surface area contributed by atoms with Gasteiger partial charge in [0, 0.05) is 16.9 Å². The third-order valence-corrected chi connectivity index (χ3v) is 5.05.